The number of aromatic nitrogens is 1. The molecular weight excluding hydrogens is 317 g/mol. The molecule has 5 rings (SSSR count). The minimum absolute atomic E-state index is 0.233. The molecule has 0 amide bonds. The number of carbonyl (C=O) groups excluding carboxylic acids is 1. The third-order valence-corrected chi connectivity index (χ3v) is 5.97. The lowest BCUT2D eigenvalue weighted by Crippen LogP contribution is -2.68. The maximum atomic E-state index is 13.2. The van der Waals surface area contributed by atoms with Crippen molar-refractivity contribution in [1.82, 2.24) is 9.47 Å². The first-order valence-electron chi connectivity index (χ1n) is 9.03. The summed E-state index contributed by atoms with van der Waals surface area (Å²) in [5.74, 6) is -0.0145. The summed E-state index contributed by atoms with van der Waals surface area (Å²) >= 11 is 0. The number of ketones is 1. The molecule has 0 saturated carbocycles. The molecule has 0 radical (unpaired) electrons. The highest BCUT2D eigenvalue weighted by Crippen LogP contribution is 2.25. The van der Waals surface area contributed by atoms with Crippen molar-refractivity contribution in [3.05, 3.63) is 53.1 Å². The summed E-state index contributed by atoms with van der Waals surface area (Å²) in [5, 5.41) is 0. The van der Waals surface area contributed by atoms with Crippen LogP contribution < -0.4 is 0 Å². The number of hydrogen-bond acceptors (Lipinski definition) is 2. The van der Waals surface area contributed by atoms with Crippen molar-refractivity contribution >= 4 is 5.78 Å². The molecule has 25 heavy (non-hydrogen) atoms. The number of hydrogen-bond donors (Lipinski definition) is 0. The van der Waals surface area contributed by atoms with E-state index < -0.39 is 0 Å². The minimum atomic E-state index is -0.248. The summed E-state index contributed by atoms with van der Waals surface area (Å²) in [6.07, 6.45) is 0. The minimum Gasteiger partial charge on any atom is -0.318 e. The van der Waals surface area contributed by atoms with Crippen LogP contribution in [0.15, 0.2) is 30.3 Å². The Labute approximate surface area is 148 Å². The normalized spacial score (nSPS) is 25.3. The number of rotatable bonds is 4. The summed E-state index contributed by atoms with van der Waals surface area (Å²) in [6.45, 7) is 11.2. The molecule has 4 heterocycles. The second-order valence-electron chi connectivity index (χ2n) is 7.53. The highest BCUT2D eigenvalue weighted by Gasteiger charge is 2.40. The SMILES string of the molecule is Cc1cc(C(=O)C[N+]23CCN(CC2)CC3)c(C)n1-c1ccc(F)cc1. The second kappa shape index (κ2) is 6.07. The van der Waals surface area contributed by atoms with E-state index in [-0.39, 0.29) is 11.6 Å². The summed E-state index contributed by atoms with van der Waals surface area (Å²) in [4.78, 5) is 15.6. The van der Waals surface area contributed by atoms with E-state index in [0.29, 0.717) is 6.54 Å². The quantitative estimate of drug-likeness (QED) is 0.630. The highest BCUT2D eigenvalue weighted by atomic mass is 19.1. The zero-order chi connectivity index (χ0) is 17.6. The maximum absolute atomic E-state index is 13.2. The number of Topliss-reactive ketones (excluding diaryl/α,β-unsaturated/α-hetero) is 1. The van der Waals surface area contributed by atoms with E-state index in [1.807, 2.05) is 24.5 Å². The van der Waals surface area contributed by atoms with Crippen LogP contribution in [0.1, 0.15) is 21.7 Å². The first kappa shape index (κ1) is 16.5. The van der Waals surface area contributed by atoms with Crippen LogP contribution in [-0.2, 0) is 0 Å². The molecule has 5 heteroatoms. The molecule has 3 aliphatic heterocycles. The molecule has 1 aromatic carbocycles. The van der Waals surface area contributed by atoms with Crippen molar-refractivity contribution in [3.63, 3.8) is 0 Å². The zero-order valence-electron chi connectivity index (χ0n) is 15.0. The van der Waals surface area contributed by atoms with Gasteiger partial charge >= 0.3 is 0 Å². The predicted molar refractivity (Wildman–Crippen MR) is 95.7 cm³/mol. The Balaban J connectivity index is 1.61. The number of nitrogens with zero attached hydrogens (tertiary/aromatic N) is 3. The molecular formula is C20H25FN3O+. The van der Waals surface area contributed by atoms with Gasteiger partial charge in [-0.1, -0.05) is 0 Å². The summed E-state index contributed by atoms with van der Waals surface area (Å²) in [7, 11) is 0. The average Bonchev–Trinajstić information content (AvgIpc) is 2.92. The largest absolute Gasteiger partial charge is 0.318 e. The number of aryl methyl sites for hydroxylation is 1. The number of halogens is 1. The second-order valence-corrected chi connectivity index (χ2v) is 7.53. The standard InChI is InChI=1S/C20H25FN3O/c1-15-13-19(16(2)23(15)18-5-3-17(21)4-6-18)20(25)14-24-10-7-22(8-11-24)9-12-24/h3-6,13H,7-12,14H2,1-2H3/q+1. The molecule has 4 nitrogen and oxygen atoms in total. The third kappa shape index (κ3) is 2.92. The van der Waals surface area contributed by atoms with E-state index in [9.17, 15) is 9.18 Å². The van der Waals surface area contributed by atoms with Gasteiger partial charge in [0.2, 0.25) is 5.78 Å². The molecule has 0 aliphatic carbocycles. The first-order valence-corrected chi connectivity index (χ1v) is 9.03. The Morgan fingerprint density at radius 1 is 1.08 bits per heavy atom. The molecule has 0 atom stereocenters. The fourth-order valence-electron chi connectivity index (χ4n) is 4.39. The van der Waals surface area contributed by atoms with E-state index in [2.05, 4.69) is 4.90 Å². The molecule has 3 aliphatic rings. The smallest absolute Gasteiger partial charge is 0.218 e. The summed E-state index contributed by atoms with van der Waals surface area (Å²) in [6, 6.07) is 8.42. The average molecular weight is 342 g/mol. The van der Waals surface area contributed by atoms with Gasteiger partial charge in [-0.25, -0.2) is 4.39 Å². The molecule has 2 bridgehead atoms. The van der Waals surface area contributed by atoms with Gasteiger partial charge in [-0.15, -0.1) is 0 Å². The Kier molecular flexibility index (Phi) is 4.01. The lowest BCUT2D eigenvalue weighted by Gasteiger charge is -2.50. The molecule has 132 valence electrons. The van der Waals surface area contributed by atoms with Gasteiger partial charge in [-0.05, 0) is 44.2 Å². The van der Waals surface area contributed by atoms with Crippen LogP contribution in [0.5, 0.6) is 0 Å². The molecule has 0 unspecified atom stereocenters. The van der Waals surface area contributed by atoms with Gasteiger partial charge in [0, 0.05) is 42.3 Å². The van der Waals surface area contributed by atoms with Crippen molar-refractivity contribution in [2.75, 3.05) is 45.8 Å². The molecule has 1 aromatic heterocycles. The maximum Gasteiger partial charge on any atom is 0.218 e. The van der Waals surface area contributed by atoms with Crippen LogP contribution in [0.3, 0.4) is 0 Å². The molecule has 0 spiro atoms. The van der Waals surface area contributed by atoms with Crippen LogP contribution in [-0.4, -0.2) is 65.5 Å². The Morgan fingerprint density at radius 3 is 2.28 bits per heavy atom. The fraction of sp³-hybridized carbons (Fsp3) is 0.450. The van der Waals surface area contributed by atoms with Gasteiger partial charge in [-0.2, -0.15) is 0 Å². The highest BCUT2D eigenvalue weighted by molar-refractivity contribution is 5.98. The molecule has 2 aromatic rings. The van der Waals surface area contributed by atoms with Gasteiger partial charge in [0.15, 0.2) is 0 Å². The van der Waals surface area contributed by atoms with Gasteiger partial charge in [0.1, 0.15) is 12.4 Å². The van der Waals surface area contributed by atoms with E-state index in [1.54, 1.807) is 12.1 Å². The van der Waals surface area contributed by atoms with Crippen molar-refractivity contribution in [1.29, 1.82) is 0 Å². The van der Waals surface area contributed by atoms with Gasteiger partial charge < -0.3 is 9.05 Å². The third-order valence-electron chi connectivity index (χ3n) is 5.97. The van der Waals surface area contributed by atoms with Crippen LogP contribution in [0, 0.1) is 19.7 Å². The van der Waals surface area contributed by atoms with Crippen molar-refractivity contribution < 1.29 is 13.7 Å². The summed E-state index contributed by atoms with van der Waals surface area (Å²) in [5.41, 5.74) is 3.66. The number of piperazine rings is 3. The van der Waals surface area contributed by atoms with Crippen LogP contribution in [0.2, 0.25) is 0 Å². The lowest BCUT2D eigenvalue weighted by molar-refractivity contribution is -0.933. The first-order chi connectivity index (χ1) is 12.0. The van der Waals surface area contributed by atoms with E-state index in [4.69, 9.17) is 0 Å². The van der Waals surface area contributed by atoms with E-state index in [1.165, 1.54) is 12.1 Å². The van der Waals surface area contributed by atoms with Crippen molar-refractivity contribution in [3.8, 4) is 5.69 Å². The van der Waals surface area contributed by atoms with Gasteiger partial charge in [0.05, 0.1) is 19.6 Å². The fourth-order valence-corrected chi connectivity index (χ4v) is 4.39. The number of carbonyl (C=O) groups is 1. The number of quaternary nitrogens is 1. The molecule has 3 fully saturated rings. The number of fused-ring (bicyclic) bond motifs is 3. The zero-order valence-corrected chi connectivity index (χ0v) is 15.0. The predicted octanol–water partition coefficient (Wildman–Crippen LogP) is 2.56. The lowest BCUT2D eigenvalue weighted by atomic mass is 10.1. The van der Waals surface area contributed by atoms with Crippen molar-refractivity contribution in [2.24, 2.45) is 0 Å². The van der Waals surface area contributed by atoms with Crippen molar-refractivity contribution in [2.45, 2.75) is 13.8 Å². The Morgan fingerprint density at radius 2 is 1.68 bits per heavy atom. The Bertz CT molecular complexity index is 787. The number of benzene rings is 1. The van der Waals surface area contributed by atoms with Gasteiger partial charge in [-0.3, -0.25) is 9.69 Å². The van der Waals surface area contributed by atoms with Crippen LogP contribution in [0.25, 0.3) is 5.69 Å². The Hall–Kier alpha value is -1.98. The van der Waals surface area contributed by atoms with Crippen LogP contribution >= 0.6 is 0 Å². The summed E-state index contributed by atoms with van der Waals surface area (Å²) < 4.78 is 16.2. The molecule has 3 saturated heterocycles. The topological polar surface area (TPSA) is 25.2 Å². The molecule has 0 N–H and O–H groups in total. The van der Waals surface area contributed by atoms with E-state index in [0.717, 1.165) is 66.4 Å². The van der Waals surface area contributed by atoms with Gasteiger partial charge in [0.25, 0.3) is 0 Å². The van der Waals surface area contributed by atoms with E-state index >= 15 is 0 Å². The van der Waals surface area contributed by atoms with Crippen LogP contribution in [0.4, 0.5) is 4.39 Å². The monoisotopic (exact) mass is 342 g/mol.